The average Bonchev–Trinajstić information content (AvgIpc) is 2.74. The zero-order valence-corrected chi connectivity index (χ0v) is 12.8. The van der Waals surface area contributed by atoms with E-state index >= 15 is 0 Å². The molecular formula is C14H13N5O2S. The molecule has 0 aromatic carbocycles. The molecule has 0 bridgehead atoms. The summed E-state index contributed by atoms with van der Waals surface area (Å²) in [6, 6.07) is 7.17. The van der Waals surface area contributed by atoms with Gasteiger partial charge in [-0.25, -0.2) is 8.42 Å². The zero-order chi connectivity index (χ0) is 15.9. The summed E-state index contributed by atoms with van der Waals surface area (Å²) in [5.74, 6) is 0.375. The maximum atomic E-state index is 12.5. The van der Waals surface area contributed by atoms with Crippen LogP contribution >= 0.6 is 0 Å². The number of nitriles is 1. The topological polar surface area (TPSA) is 100 Å². The van der Waals surface area contributed by atoms with E-state index in [4.69, 9.17) is 5.26 Å². The van der Waals surface area contributed by atoms with Crippen LogP contribution in [0.2, 0.25) is 0 Å². The molecule has 2 aromatic rings. The highest BCUT2D eigenvalue weighted by Gasteiger charge is 2.35. The van der Waals surface area contributed by atoms with Gasteiger partial charge in [-0.05, 0) is 31.5 Å². The van der Waals surface area contributed by atoms with E-state index in [2.05, 4.69) is 15.5 Å². The van der Waals surface area contributed by atoms with Crippen LogP contribution in [0.3, 0.4) is 0 Å². The van der Waals surface area contributed by atoms with Crippen molar-refractivity contribution in [2.45, 2.75) is 25.3 Å². The number of hydrazone groups is 1. The summed E-state index contributed by atoms with van der Waals surface area (Å²) in [6.07, 6.45) is 1.68. The predicted octanol–water partition coefficient (Wildman–Crippen LogP) is 1.58. The molecule has 8 heteroatoms. The summed E-state index contributed by atoms with van der Waals surface area (Å²) in [7, 11) is -3.87. The summed E-state index contributed by atoms with van der Waals surface area (Å²) in [5, 5.41) is 12.1. The molecule has 3 rings (SSSR count). The Kier molecular flexibility index (Phi) is 3.22. The first-order valence-electron chi connectivity index (χ1n) is 6.55. The number of hydrogen-bond acceptors (Lipinski definition) is 6. The second-order valence-electron chi connectivity index (χ2n) is 4.94. The van der Waals surface area contributed by atoms with Crippen molar-refractivity contribution in [3.8, 4) is 6.07 Å². The lowest BCUT2D eigenvalue weighted by Crippen LogP contribution is -2.22. The van der Waals surface area contributed by atoms with Crippen LogP contribution in [-0.2, 0) is 16.4 Å². The van der Waals surface area contributed by atoms with Crippen molar-refractivity contribution in [1.82, 2.24) is 9.55 Å². The fraction of sp³-hybridized carbons (Fsp3) is 0.214. The molecule has 22 heavy (non-hydrogen) atoms. The number of rotatable bonds is 2. The zero-order valence-electron chi connectivity index (χ0n) is 12.0. The molecular weight excluding hydrogens is 302 g/mol. The Balaban J connectivity index is 2.18. The van der Waals surface area contributed by atoms with Crippen LogP contribution in [0.5, 0.6) is 0 Å². The second kappa shape index (κ2) is 4.96. The van der Waals surface area contributed by atoms with E-state index in [1.165, 1.54) is 0 Å². The molecule has 0 atom stereocenters. The maximum Gasteiger partial charge on any atom is 0.256 e. The lowest BCUT2D eigenvalue weighted by atomic mass is 10.3. The number of nitrogens with zero attached hydrogens (tertiary/aromatic N) is 4. The Morgan fingerprint density at radius 1 is 1.36 bits per heavy atom. The highest BCUT2D eigenvalue weighted by Crippen LogP contribution is 2.35. The van der Waals surface area contributed by atoms with Crippen LogP contribution in [0.1, 0.15) is 17.0 Å². The van der Waals surface area contributed by atoms with Crippen LogP contribution in [0, 0.1) is 25.2 Å². The van der Waals surface area contributed by atoms with Gasteiger partial charge >= 0.3 is 0 Å². The summed E-state index contributed by atoms with van der Waals surface area (Å²) in [5.41, 5.74) is 4.90. The van der Waals surface area contributed by atoms with Gasteiger partial charge in [0.25, 0.3) is 5.04 Å². The number of hydrogen-bond donors (Lipinski definition) is 1. The molecule has 1 aliphatic rings. The highest BCUT2D eigenvalue weighted by molar-refractivity contribution is 8.07. The van der Waals surface area contributed by atoms with Gasteiger partial charge in [0.1, 0.15) is 16.8 Å². The molecule has 0 fully saturated rings. The summed E-state index contributed by atoms with van der Waals surface area (Å²) in [4.78, 5) is 4.37. The molecule has 0 spiro atoms. The van der Waals surface area contributed by atoms with Crippen molar-refractivity contribution < 1.29 is 8.42 Å². The molecule has 0 saturated heterocycles. The number of pyridine rings is 1. The third kappa shape index (κ3) is 1.98. The normalized spacial score (nSPS) is 15.4. The van der Waals surface area contributed by atoms with E-state index in [1.54, 1.807) is 19.2 Å². The van der Waals surface area contributed by atoms with Gasteiger partial charge in [0.2, 0.25) is 9.84 Å². The fourth-order valence-corrected chi connectivity index (χ4v) is 3.91. The largest absolute Gasteiger partial charge is 0.323 e. The minimum atomic E-state index is -3.87. The first kappa shape index (κ1) is 14.3. The van der Waals surface area contributed by atoms with Gasteiger partial charge in [-0.1, -0.05) is 6.07 Å². The molecule has 0 aliphatic carbocycles. The van der Waals surface area contributed by atoms with Crippen LogP contribution in [0.15, 0.2) is 34.4 Å². The van der Waals surface area contributed by atoms with Crippen molar-refractivity contribution in [1.29, 1.82) is 5.26 Å². The molecule has 7 nitrogen and oxygen atoms in total. The van der Waals surface area contributed by atoms with Gasteiger partial charge in [0.05, 0.1) is 12.2 Å². The minimum absolute atomic E-state index is 0.118. The predicted molar refractivity (Wildman–Crippen MR) is 81.1 cm³/mol. The first-order valence-corrected chi connectivity index (χ1v) is 8.03. The lowest BCUT2D eigenvalue weighted by molar-refractivity contribution is 0.606. The maximum absolute atomic E-state index is 12.5. The standard InChI is InChI=1S/C14H13N5O2S/c1-9-10(2)19(8-11-5-3-4-6-16-11)14-13(9)22(20,21)12(7-15)17-18-14/h3-6,18H,8H2,1-2H3. The van der Waals surface area contributed by atoms with Gasteiger partial charge < -0.3 is 4.57 Å². The number of sulfone groups is 1. The molecule has 0 unspecified atom stereocenters. The van der Waals surface area contributed by atoms with Crippen LogP contribution in [0.25, 0.3) is 0 Å². The first-order chi connectivity index (χ1) is 10.5. The number of aromatic nitrogens is 2. The Labute approximate surface area is 127 Å². The quantitative estimate of drug-likeness (QED) is 0.907. The van der Waals surface area contributed by atoms with Crippen LogP contribution in [-0.4, -0.2) is 23.0 Å². The second-order valence-corrected chi connectivity index (χ2v) is 6.74. The molecule has 1 N–H and O–H groups in total. The third-order valence-electron chi connectivity index (χ3n) is 3.70. The fourth-order valence-electron chi connectivity index (χ4n) is 2.47. The van der Waals surface area contributed by atoms with Crippen molar-refractivity contribution >= 4 is 20.7 Å². The van der Waals surface area contributed by atoms with Crippen molar-refractivity contribution in [2.75, 3.05) is 5.43 Å². The van der Waals surface area contributed by atoms with Crippen molar-refractivity contribution in [3.63, 3.8) is 0 Å². The number of anilines is 1. The monoisotopic (exact) mass is 315 g/mol. The molecule has 3 heterocycles. The average molecular weight is 315 g/mol. The van der Waals surface area contributed by atoms with Gasteiger partial charge in [-0.15, -0.1) is 5.10 Å². The van der Waals surface area contributed by atoms with E-state index in [1.807, 2.05) is 29.7 Å². The Bertz CT molecular complexity index is 920. The minimum Gasteiger partial charge on any atom is -0.323 e. The summed E-state index contributed by atoms with van der Waals surface area (Å²) < 4.78 is 26.7. The Hall–Kier alpha value is -2.66. The van der Waals surface area contributed by atoms with Crippen molar-refractivity contribution in [2.24, 2.45) is 5.10 Å². The van der Waals surface area contributed by atoms with Crippen LogP contribution < -0.4 is 5.43 Å². The molecule has 112 valence electrons. The van der Waals surface area contributed by atoms with Crippen molar-refractivity contribution in [3.05, 3.63) is 41.3 Å². The van der Waals surface area contributed by atoms with E-state index < -0.39 is 14.9 Å². The summed E-state index contributed by atoms with van der Waals surface area (Å²) in [6.45, 7) is 3.98. The van der Waals surface area contributed by atoms with Gasteiger partial charge in [-0.2, -0.15) is 5.26 Å². The van der Waals surface area contributed by atoms with Gasteiger partial charge in [0.15, 0.2) is 0 Å². The molecule has 0 saturated carbocycles. The van der Waals surface area contributed by atoms with E-state index in [9.17, 15) is 8.42 Å². The SMILES string of the molecule is Cc1c2c(n(Cc3ccccn3)c1C)NN=C(C#N)S2(=O)=O. The van der Waals surface area contributed by atoms with E-state index in [-0.39, 0.29) is 4.90 Å². The highest BCUT2D eigenvalue weighted by atomic mass is 32.2. The molecule has 0 radical (unpaired) electrons. The van der Waals surface area contributed by atoms with E-state index in [0.717, 1.165) is 11.4 Å². The van der Waals surface area contributed by atoms with Gasteiger partial charge in [-0.3, -0.25) is 10.4 Å². The number of nitrogens with one attached hydrogen (secondary N) is 1. The molecule has 1 aliphatic heterocycles. The lowest BCUT2D eigenvalue weighted by Gasteiger charge is -2.15. The number of fused-ring (bicyclic) bond motifs is 1. The van der Waals surface area contributed by atoms with Gasteiger partial charge in [0, 0.05) is 11.9 Å². The smallest absolute Gasteiger partial charge is 0.256 e. The molecule has 0 amide bonds. The Morgan fingerprint density at radius 3 is 2.77 bits per heavy atom. The van der Waals surface area contributed by atoms with Crippen LogP contribution in [0.4, 0.5) is 5.82 Å². The summed E-state index contributed by atoms with van der Waals surface area (Å²) >= 11 is 0. The Morgan fingerprint density at radius 2 is 2.14 bits per heavy atom. The molecule has 2 aromatic heterocycles. The third-order valence-corrected chi connectivity index (χ3v) is 5.43. The van der Waals surface area contributed by atoms with E-state index in [0.29, 0.717) is 17.9 Å².